The zero-order valence-corrected chi connectivity index (χ0v) is 9.59. The number of nitrogens with one attached hydrogen (secondary N) is 2. The minimum atomic E-state index is -1.57. The molecule has 0 saturated heterocycles. The van der Waals surface area contributed by atoms with Gasteiger partial charge in [-0.25, -0.2) is 8.78 Å². The molecule has 5 N–H and O–H groups in total. The van der Waals surface area contributed by atoms with E-state index in [-0.39, 0.29) is 25.9 Å². The summed E-state index contributed by atoms with van der Waals surface area (Å²) in [4.78, 5) is 10.6. The van der Waals surface area contributed by atoms with E-state index in [4.69, 9.17) is 16.2 Å². The Hall–Kier alpha value is -1.34. The van der Waals surface area contributed by atoms with Crippen molar-refractivity contribution in [2.24, 2.45) is 5.73 Å². The van der Waals surface area contributed by atoms with Crippen LogP contribution in [0.5, 0.6) is 0 Å². The first-order valence-electron chi connectivity index (χ1n) is 5.06. The average molecular weight is 249 g/mol. The molecule has 7 heteroatoms. The molecular weight excluding hydrogens is 232 g/mol. The maximum atomic E-state index is 13.2. The van der Waals surface area contributed by atoms with E-state index in [9.17, 15) is 13.6 Å². The van der Waals surface area contributed by atoms with Crippen LogP contribution in [-0.4, -0.2) is 35.9 Å². The van der Waals surface area contributed by atoms with E-state index in [1.807, 2.05) is 0 Å². The van der Waals surface area contributed by atoms with Crippen molar-refractivity contribution in [1.82, 2.24) is 5.32 Å². The van der Waals surface area contributed by atoms with Crippen molar-refractivity contribution in [1.29, 1.82) is 5.41 Å². The first-order chi connectivity index (χ1) is 7.81. The first kappa shape index (κ1) is 15.7. The van der Waals surface area contributed by atoms with Crippen molar-refractivity contribution < 1.29 is 18.7 Å². The molecule has 0 heterocycles. The summed E-state index contributed by atoms with van der Waals surface area (Å²) >= 11 is 0. The minimum absolute atomic E-state index is 0.143. The summed E-state index contributed by atoms with van der Waals surface area (Å²) in [6.45, 7) is 1.06. The van der Waals surface area contributed by atoms with Crippen LogP contribution < -0.4 is 11.1 Å². The number of nitrogens with two attached hydrogens (primary N) is 1. The van der Waals surface area contributed by atoms with Gasteiger partial charge in [0.2, 0.25) is 0 Å². The molecule has 0 aromatic rings. The highest BCUT2D eigenvalue weighted by molar-refractivity contribution is 5.77. The van der Waals surface area contributed by atoms with Gasteiger partial charge in [0, 0.05) is 19.2 Å². The maximum absolute atomic E-state index is 13.2. The molecule has 0 aromatic carbocycles. The Labute approximate surface area is 98.2 Å². The topological polar surface area (TPSA) is 99.2 Å². The van der Waals surface area contributed by atoms with Crippen LogP contribution in [0.3, 0.4) is 0 Å². The van der Waals surface area contributed by atoms with Crippen LogP contribution in [0.15, 0.2) is 11.7 Å². The van der Waals surface area contributed by atoms with E-state index in [2.05, 4.69) is 5.32 Å². The Kier molecular flexibility index (Phi) is 6.52. The lowest BCUT2D eigenvalue weighted by Gasteiger charge is -2.18. The van der Waals surface area contributed by atoms with Crippen LogP contribution >= 0.6 is 0 Å². The van der Waals surface area contributed by atoms with Gasteiger partial charge >= 0.3 is 5.97 Å². The second-order valence-corrected chi connectivity index (χ2v) is 3.87. The molecule has 0 saturated carbocycles. The molecular formula is C10H17F2N3O2. The fourth-order valence-corrected chi connectivity index (χ4v) is 0.962. The smallest absolute Gasteiger partial charge is 0.323 e. The van der Waals surface area contributed by atoms with Crippen molar-refractivity contribution >= 4 is 12.2 Å². The SMILES string of the molecule is CC(N)(CCC(F)=C(F)CNCC=N)C(=O)O. The predicted octanol–water partition coefficient (Wildman–Crippen LogP) is 0.958. The number of hydrogen-bond acceptors (Lipinski definition) is 4. The number of carboxylic acid groups (broad SMARTS) is 1. The van der Waals surface area contributed by atoms with E-state index in [1.54, 1.807) is 0 Å². The second kappa shape index (κ2) is 7.08. The van der Waals surface area contributed by atoms with Crippen molar-refractivity contribution in [3.8, 4) is 0 Å². The Balaban J connectivity index is 4.23. The highest BCUT2D eigenvalue weighted by atomic mass is 19.2. The number of carboxylic acids is 1. The number of halogens is 2. The number of hydrogen-bond donors (Lipinski definition) is 4. The molecule has 0 bridgehead atoms. The normalized spacial score (nSPS) is 16.0. The van der Waals surface area contributed by atoms with E-state index >= 15 is 0 Å². The van der Waals surface area contributed by atoms with Gasteiger partial charge in [0.1, 0.15) is 17.2 Å². The lowest BCUT2D eigenvalue weighted by Crippen LogP contribution is -2.44. The second-order valence-electron chi connectivity index (χ2n) is 3.87. The van der Waals surface area contributed by atoms with Gasteiger partial charge in [-0.1, -0.05) is 0 Å². The van der Waals surface area contributed by atoms with Crippen molar-refractivity contribution in [2.75, 3.05) is 13.1 Å². The van der Waals surface area contributed by atoms with Gasteiger partial charge in [0.05, 0.1) is 6.54 Å². The number of rotatable bonds is 8. The van der Waals surface area contributed by atoms with Crippen LogP contribution in [0.1, 0.15) is 19.8 Å². The summed E-state index contributed by atoms with van der Waals surface area (Å²) in [6.07, 6.45) is 0.468. The zero-order chi connectivity index (χ0) is 13.5. The highest BCUT2D eigenvalue weighted by Crippen LogP contribution is 2.18. The lowest BCUT2D eigenvalue weighted by atomic mass is 9.97. The van der Waals surface area contributed by atoms with Crippen LogP contribution in [0.25, 0.3) is 0 Å². The summed E-state index contributed by atoms with van der Waals surface area (Å²) in [5.41, 5.74) is 3.80. The predicted molar refractivity (Wildman–Crippen MR) is 60.4 cm³/mol. The summed E-state index contributed by atoms with van der Waals surface area (Å²) in [5.74, 6) is -3.26. The van der Waals surface area contributed by atoms with E-state index in [0.717, 1.165) is 6.21 Å². The number of aliphatic carboxylic acids is 1. The quantitative estimate of drug-likeness (QED) is 0.380. The van der Waals surface area contributed by atoms with E-state index in [0.29, 0.717) is 0 Å². The molecule has 17 heavy (non-hydrogen) atoms. The molecule has 5 nitrogen and oxygen atoms in total. The third kappa shape index (κ3) is 6.08. The third-order valence-electron chi connectivity index (χ3n) is 2.17. The molecule has 0 aliphatic rings. The van der Waals surface area contributed by atoms with Crippen LogP contribution in [0.2, 0.25) is 0 Å². The Morgan fingerprint density at radius 2 is 2.12 bits per heavy atom. The van der Waals surface area contributed by atoms with Gasteiger partial charge in [-0.15, -0.1) is 0 Å². The summed E-state index contributed by atoms with van der Waals surface area (Å²) in [6, 6.07) is 0. The highest BCUT2D eigenvalue weighted by Gasteiger charge is 2.28. The van der Waals surface area contributed by atoms with Crippen molar-refractivity contribution in [3.63, 3.8) is 0 Å². The fraction of sp³-hybridized carbons (Fsp3) is 0.600. The fourth-order valence-electron chi connectivity index (χ4n) is 0.962. The molecule has 0 fully saturated rings. The lowest BCUT2D eigenvalue weighted by molar-refractivity contribution is -0.142. The van der Waals surface area contributed by atoms with Gasteiger partial charge in [0.15, 0.2) is 0 Å². The zero-order valence-electron chi connectivity index (χ0n) is 9.59. The molecule has 0 aromatic heterocycles. The van der Waals surface area contributed by atoms with Gasteiger partial charge in [0.25, 0.3) is 0 Å². The minimum Gasteiger partial charge on any atom is -0.480 e. The van der Waals surface area contributed by atoms with Crippen LogP contribution in [0, 0.1) is 5.41 Å². The molecule has 1 unspecified atom stereocenters. The summed E-state index contributed by atoms with van der Waals surface area (Å²) < 4.78 is 26.3. The standard InChI is InChI=1S/C10H17F2N3O2/c1-10(14,9(16)17)3-2-7(11)8(12)6-15-5-4-13/h4,13,15H,2-3,5-6,14H2,1H3,(H,16,17). The molecule has 0 aliphatic carbocycles. The number of carbonyl (C=O) groups is 1. The van der Waals surface area contributed by atoms with Crippen molar-refractivity contribution in [2.45, 2.75) is 25.3 Å². The molecule has 98 valence electrons. The van der Waals surface area contributed by atoms with Crippen molar-refractivity contribution in [3.05, 3.63) is 11.7 Å². The van der Waals surface area contributed by atoms with Gasteiger partial charge < -0.3 is 21.6 Å². The average Bonchev–Trinajstić information content (AvgIpc) is 2.26. The summed E-state index contributed by atoms with van der Waals surface area (Å²) in [7, 11) is 0. The van der Waals surface area contributed by atoms with E-state index < -0.39 is 23.2 Å². The Morgan fingerprint density at radius 3 is 2.59 bits per heavy atom. The summed E-state index contributed by atoms with van der Waals surface area (Å²) in [5, 5.41) is 17.8. The molecule has 0 aliphatic heterocycles. The van der Waals surface area contributed by atoms with Gasteiger partial charge in [-0.05, 0) is 13.3 Å². The molecule has 0 rings (SSSR count). The maximum Gasteiger partial charge on any atom is 0.323 e. The largest absolute Gasteiger partial charge is 0.480 e. The monoisotopic (exact) mass is 249 g/mol. The third-order valence-corrected chi connectivity index (χ3v) is 2.17. The molecule has 0 amide bonds. The van der Waals surface area contributed by atoms with Crippen LogP contribution in [-0.2, 0) is 4.79 Å². The van der Waals surface area contributed by atoms with E-state index in [1.165, 1.54) is 6.92 Å². The number of allylic oxidation sites excluding steroid dienone is 1. The Bertz CT molecular complexity index is 317. The van der Waals surface area contributed by atoms with Gasteiger partial charge in [-0.3, -0.25) is 4.79 Å². The van der Waals surface area contributed by atoms with Crippen LogP contribution in [0.4, 0.5) is 8.78 Å². The van der Waals surface area contributed by atoms with Gasteiger partial charge in [-0.2, -0.15) is 0 Å². The Morgan fingerprint density at radius 1 is 1.53 bits per heavy atom. The molecule has 0 radical (unpaired) electrons. The molecule has 1 atom stereocenters. The molecule has 0 spiro atoms. The first-order valence-corrected chi connectivity index (χ1v) is 5.06.